The lowest BCUT2D eigenvalue weighted by Crippen LogP contribution is -2.62. The molecule has 6 heteroatoms. The maximum atomic E-state index is 13.0. The van der Waals surface area contributed by atoms with Gasteiger partial charge in [0.05, 0.1) is 24.2 Å². The Kier molecular flexibility index (Phi) is 5.74. The van der Waals surface area contributed by atoms with Crippen molar-refractivity contribution in [2.45, 2.75) is 63.3 Å². The van der Waals surface area contributed by atoms with Crippen LogP contribution in [0, 0.1) is 5.92 Å². The summed E-state index contributed by atoms with van der Waals surface area (Å²) in [6.45, 7) is 3.28. The van der Waals surface area contributed by atoms with Crippen molar-refractivity contribution in [1.82, 2.24) is 19.8 Å². The van der Waals surface area contributed by atoms with E-state index in [-0.39, 0.29) is 23.9 Å². The highest BCUT2D eigenvalue weighted by molar-refractivity contribution is 5.79. The lowest BCUT2D eigenvalue weighted by Gasteiger charge is -2.49. The van der Waals surface area contributed by atoms with E-state index in [1.54, 1.807) is 0 Å². The Balaban J connectivity index is 1.65. The maximum Gasteiger partial charge on any atom is 0.223 e. The Morgan fingerprint density at radius 3 is 2.66 bits per heavy atom. The number of carbonyl (C=O) groups is 1. The quantitative estimate of drug-likeness (QED) is 0.815. The largest absolute Gasteiger partial charge is 0.388 e. The minimum atomic E-state index is -0.965. The number of imidazole rings is 1. The Labute approximate surface area is 172 Å². The van der Waals surface area contributed by atoms with Gasteiger partial charge in [0.15, 0.2) is 0 Å². The van der Waals surface area contributed by atoms with Crippen molar-refractivity contribution in [3.8, 4) is 0 Å². The molecule has 1 aromatic carbocycles. The molecule has 1 aliphatic heterocycles. The molecule has 1 saturated heterocycles. The minimum Gasteiger partial charge on any atom is -0.388 e. The van der Waals surface area contributed by atoms with Crippen LogP contribution in [0.4, 0.5) is 0 Å². The molecule has 6 nitrogen and oxygen atoms in total. The molecule has 2 heterocycles. The summed E-state index contributed by atoms with van der Waals surface area (Å²) in [5, 5.41) is 14.6. The first-order valence-electron chi connectivity index (χ1n) is 10.7. The van der Waals surface area contributed by atoms with Crippen LogP contribution in [-0.4, -0.2) is 43.7 Å². The summed E-state index contributed by atoms with van der Waals surface area (Å²) in [7, 11) is 2.00. The fraction of sp³-hybridized carbons (Fsp3) is 0.565. The first-order chi connectivity index (χ1) is 14.0. The van der Waals surface area contributed by atoms with Gasteiger partial charge in [0.1, 0.15) is 5.82 Å². The van der Waals surface area contributed by atoms with E-state index in [4.69, 9.17) is 0 Å². The van der Waals surface area contributed by atoms with Crippen molar-refractivity contribution in [3.05, 3.63) is 54.1 Å². The SMILES string of the molecule is Cn1ccnc1CN1CC[C@@](C)(O)[C@@H](NC(=O)C2CCCC2)[C@@H]1c1ccccc1. The first-order valence-corrected chi connectivity index (χ1v) is 10.7. The number of aliphatic hydroxyl groups is 1. The summed E-state index contributed by atoms with van der Waals surface area (Å²) >= 11 is 0. The van der Waals surface area contributed by atoms with Gasteiger partial charge in [-0.3, -0.25) is 9.69 Å². The fourth-order valence-corrected chi connectivity index (χ4v) is 4.87. The number of rotatable bonds is 5. The summed E-state index contributed by atoms with van der Waals surface area (Å²) in [5.41, 5.74) is 0.144. The zero-order valence-corrected chi connectivity index (χ0v) is 17.4. The predicted octanol–water partition coefficient (Wildman–Crippen LogP) is 2.79. The van der Waals surface area contributed by atoms with Crippen LogP contribution >= 0.6 is 0 Å². The number of aryl methyl sites for hydroxylation is 1. The zero-order valence-electron chi connectivity index (χ0n) is 17.4. The maximum absolute atomic E-state index is 13.0. The molecule has 3 atom stereocenters. The van der Waals surface area contributed by atoms with E-state index in [0.29, 0.717) is 13.0 Å². The Bertz CT molecular complexity index is 826. The molecule has 0 spiro atoms. The Hall–Kier alpha value is -2.18. The summed E-state index contributed by atoms with van der Waals surface area (Å²) in [6.07, 6.45) is 8.51. The topological polar surface area (TPSA) is 70.4 Å². The average molecular weight is 397 g/mol. The number of piperidine rings is 1. The van der Waals surface area contributed by atoms with Gasteiger partial charge in [-0.1, -0.05) is 43.2 Å². The normalized spacial score (nSPS) is 28.5. The Morgan fingerprint density at radius 2 is 2.00 bits per heavy atom. The van der Waals surface area contributed by atoms with Crippen LogP contribution in [0.3, 0.4) is 0 Å². The molecule has 2 N–H and O–H groups in total. The van der Waals surface area contributed by atoms with Crippen LogP contribution in [0.1, 0.15) is 56.5 Å². The van der Waals surface area contributed by atoms with E-state index in [1.165, 1.54) is 0 Å². The van der Waals surface area contributed by atoms with Crippen LogP contribution in [0.15, 0.2) is 42.7 Å². The molecule has 0 bridgehead atoms. The number of likely N-dealkylation sites (tertiary alicyclic amines) is 1. The number of benzene rings is 1. The molecule has 0 unspecified atom stereocenters. The molecule has 2 aliphatic rings. The van der Waals surface area contributed by atoms with Gasteiger partial charge in [-0.05, 0) is 31.7 Å². The molecule has 1 saturated carbocycles. The third kappa shape index (κ3) is 4.23. The van der Waals surface area contributed by atoms with Crippen LogP contribution in [0.2, 0.25) is 0 Å². The second kappa shape index (κ2) is 8.28. The van der Waals surface area contributed by atoms with Crippen molar-refractivity contribution < 1.29 is 9.90 Å². The highest BCUT2D eigenvalue weighted by atomic mass is 16.3. The third-order valence-corrected chi connectivity index (χ3v) is 6.71. The molecule has 0 radical (unpaired) electrons. The van der Waals surface area contributed by atoms with Crippen molar-refractivity contribution in [3.63, 3.8) is 0 Å². The molecular weight excluding hydrogens is 364 g/mol. The monoisotopic (exact) mass is 396 g/mol. The molecule has 2 fully saturated rings. The summed E-state index contributed by atoms with van der Waals surface area (Å²) < 4.78 is 2.03. The van der Waals surface area contributed by atoms with Gasteiger partial charge >= 0.3 is 0 Å². The first kappa shape index (κ1) is 20.1. The van der Waals surface area contributed by atoms with Crippen molar-refractivity contribution in [1.29, 1.82) is 0 Å². The van der Waals surface area contributed by atoms with Gasteiger partial charge in [0.2, 0.25) is 5.91 Å². The molecule has 156 valence electrons. The number of aromatic nitrogens is 2. The third-order valence-electron chi connectivity index (χ3n) is 6.71. The minimum absolute atomic E-state index is 0.0761. The number of hydrogen-bond acceptors (Lipinski definition) is 4. The summed E-state index contributed by atoms with van der Waals surface area (Å²) in [4.78, 5) is 19.8. The molecular formula is C23H32N4O2. The number of amides is 1. The fourth-order valence-electron chi connectivity index (χ4n) is 4.87. The van der Waals surface area contributed by atoms with E-state index in [0.717, 1.165) is 43.6 Å². The van der Waals surface area contributed by atoms with Gasteiger partial charge in [0, 0.05) is 31.9 Å². The Morgan fingerprint density at radius 1 is 1.28 bits per heavy atom. The van der Waals surface area contributed by atoms with E-state index in [9.17, 15) is 9.90 Å². The van der Waals surface area contributed by atoms with E-state index < -0.39 is 5.60 Å². The molecule has 4 rings (SSSR count). The second-order valence-electron chi connectivity index (χ2n) is 8.86. The standard InChI is InChI=1S/C23H32N4O2/c1-23(29)12-14-27(16-19-24-13-15-26(19)2)20(17-8-4-3-5-9-17)21(23)25-22(28)18-10-6-7-11-18/h3-5,8-9,13,15,18,20-21,29H,6-7,10-12,14,16H2,1-2H3,(H,25,28)/t20-,21-,23+/m0/s1. The van der Waals surface area contributed by atoms with E-state index in [1.807, 2.05) is 49.1 Å². The van der Waals surface area contributed by atoms with Gasteiger partial charge in [-0.25, -0.2) is 4.98 Å². The van der Waals surface area contributed by atoms with E-state index in [2.05, 4.69) is 27.3 Å². The van der Waals surface area contributed by atoms with Gasteiger partial charge < -0.3 is 15.0 Å². The molecule has 1 amide bonds. The van der Waals surface area contributed by atoms with Gasteiger partial charge in [0.25, 0.3) is 0 Å². The molecule has 29 heavy (non-hydrogen) atoms. The lowest BCUT2D eigenvalue weighted by molar-refractivity contribution is -0.132. The van der Waals surface area contributed by atoms with Crippen molar-refractivity contribution >= 4 is 5.91 Å². The van der Waals surface area contributed by atoms with Crippen LogP contribution in [-0.2, 0) is 18.4 Å². The number of nitrogens with one attached hydrogen (secondary N) is 1. The van der Waals surface area contributed by atoms with Gasteiger partial charge in [-0.2, -0.15) is 0 Å². The summed E-state index contributed by atoms with van der Waals surface area (Å²) in [5.74, 6) is 1.15. The second-order valence-corrected chi connectivity index (χ2v) is 8.86. The lowest BCUT2D eigenvalue weighted by atomic mass is 9.79. The number of hydrogen-bond donors (Lipinski definition) is 2. The highest BCUT2D eigenvalue weighted by Gasteiger charge is 2.46. The van der Waals surface area contributed by atoms with Crippen LogP contribution in [0.5, 0.6) is 0 Å². The molecule has 1 aromatic heterocycles. The highest BCUT2D eigenvalue weighted by Crippen LogP contribution is 2.38. The smallest absolute Gasteiger partial charge is 0.223 e. The summed E-state index contributed by atoms with van der Waals surface area (Å²) in [6, 6.07) is 9.74. The number of nitrogens with zero attached hydrogens (tertiary/aromatic N) is 3. The molecule has 2 aromatic rings. The number of carbonyl (C=O) groups excluding carboxylic acids is 1. The average Bonchev–Trinajstić information content (AvgIpc) is 3.38. The van der Waals surface area contributed by atoms with Crippen molar-refractivity contribution in [2.75, 3.05) is 6.54 Å². The zero-order chi connectivity index (χ0) is 20.4. The van der Waals surface area contributed by atoms with Crippen LogP contribution < -0.4 is 5.32 Å². The van der Waals surface area contributed by atoms with Crippen molar-refractivity contribution in [2.24, 2.45) is 13.0 Å². The van der Waals surface area contributed by atoms with Crippen LogP contribution in [0.25, 0.3) is 0 Å². The van der Waals surface area contributed by atoms with Gasteiger partial charge in [-0.15, -0.1) is 0 Å². The predicted molar refractivity (Wildman–Crippen MR) is 112 cm³/mol. The molecule has 1 aliphatic carbocycles. The van der Waals surface area contributed by atoms with E-state index >= 15 is 0 Å².